The maximum Gasteiger partial charge on any atom is 0.255 e. The lowest BCUT2D eigenvalue weighted by atomic mass is 10.0. The first-order chi connectivity index (χ1) is 12.7. The number of aryl methyl sites for hydroxylation is 1. The summed E-state index contributed by atoms with van der Waals surface area (Å²) in [5.41, 5.74) is 1.93. The van der Waals surface area contributed by atoms with E-state index in [1.54, 1.807) is 18.2 Å². The Morgan fingerprint density at radius 2 is 2.00 bits per heavy atom. The van der Waals surface area contributed by atoms with Crippen molar-refractivity contribution in [3.8, 4) is 11.5 Å². The van der Waals surface area contributed by atoms with E-state index in [0.29, 0.717) is 22.9 Å². The van der Waals surface area contributed by atoms with E-state index in [1.807, 2.05) is 26.8 Å². The molecule has 0 atom stereocenters. The van der Waals surface area contributed by atoms with Gasteiger partial charge in [0.15, 0.2) is 11.5 Å². The van der Waals surface area contributed by atoms with Crippen molar-refractivity contribution < 1.29 is 19.4 Å². The lowest BCUT2D eigenvalue weighted by Gasteiger charge is -2.17. The van der Waals surface area contributed by atoms with Crippen molar-refractivity contribution >= 4 is 29.1 Å². The van der Waals surface area contributed by atoms with Crippen molar-refractivity contribution in [1.29, 1.82) is 0 Å². The van der Waals surface area contributed by atoms with E-state index >= 15 is 0 Å². The smallest absolute Gasteiger partial charge is 0.255 e. The Hall–Kier alpha value is -2.73. The fraction of sp³-hybridized carbons (Fsp3) is 0.300. The molecule has 0 bridgehead atoms. The van der Waals surface area contributed by atoms with E-state index in [-0.39, 0.29) is 17.9 Å². The summed E-state index contributed by atoms with van der Waals surface area (Å²) < 4.78 is 5.72. The van der Waals surface area contributed by atoms with Crippen LogP contribution in [0.1, 0.15) is 35.3 Å². The number of ether oxygens (including phenoxy) is 1. The van der Waals surface area contributed by atoms with E-state index in [4.69, 9.17) is 16.3 Å². The number of nitrogens with one attached hydrogen (secondary N) is 2. The molecule has 1 aliphatic rings. The molecule has 142 valence electrons. The van der Waals surface area contributed by atoms with Crippen molar-refractivity contribution in [1.82, 2.24) is 5.32 Å². The molecule has 2 aromatic rings. The zero-order valence-electron chi connectivity index (χ0n) is 15.4. The number of anilines is 1. The molecule has 1 aliphatic heterocycles. The molecule has 1 heterocycles. The van der Waals surface area contributed by atoms with Crippen molar-refractivity contribution in [3.05, 3.63) is 52.0 Å². The molecule has 3 rings (SSSR count). The van der Waals surface area contributed by atoms with Gasteiger partial charge in [-0.25, -0.2) is 0 Å². The summed E-state index contributed by atoms with van der Waals surface area (Å²) in [6.07, 6.45) is 0.650. The van der Waals surface area contributed by atoms with Gasteiger partial charge in [-0.15, -0.1) is 0 Å². The number of halogens is 1. The Morgan fingerprint density at radius 3 is 2.70 bits per heavy atom. The topological polar surface area (TPSA) is 87.7 Å². The number of aromatic hydroxyl groups is 1. The molecule has 0 aliphatic carbocycles. The average molecular weight is 389 g/mol. The minimum absolute atomic E-state index is 0.0626. The number of amides is 2. The van der Waals surface area contributed by atoms with Crippen LogP contribution in [0.3, 0.4) is 0 Å². The molecule has 2 amide bonds. The maximum atomic E-state index is 12.4. The number of fused-ring (bicyclic) bond motifs is 1. The normalized spacial score (nSPS) is 14.2. The maximum absolute atomic E-state index is 12.4. The van der Waals surface area contributed by atoms with Gasteiger partial charge in [0.1, 0.15) is 5.60 Å². The number of phenolic OH excluding ortho intramolecular Hbond substituents is 1. The first kappa shape index (κ1) is 19.0. The molecule has 0 radical (unpaired) electrons. The molecule has 2 aromatic carbocycles. The van der Waals surface area contributed by atoms with Gasteiger partial charge < -0.3 is 20.5 Å². The fourth-order valence-electron chi connectivity index (χ4n) is 2.99. The second-order valence-electron chi connectivity index (χ2n) is 7.20. The summed E-state index contributed by atoms with van der Waals surface area (Å²) in [5, 5.41) is 15.9. The van der Waals surface area contributed by atoms with Gasteiger partial charge in [0.2, 0.25) is 5.91 Å². The van der Waals surface area contributed by atoms with Gasteiger partial charge >= 0.3 is 0 Å². The van der Waals surface area contributed by atoms with Crippen LogP contribution in [0.4, 0.5) is 5.69 Å². The van der Waals surface area contributed by atoms with Gasteiger partial charge in [-0.2, -0.15) is 0 Å². The second-order valence-corrected chi connectivity index (χ2v) is 7.61. The zero-order valence-corrected chi connectivity index (χ0v) is 16.1. The number of carbonyl (C=O) groups is 2. The first-order valence-electron chi connectivity index (χ1n) is 8.54. The molecular formula is C20H21ClN2O4. The van der Waals surface area contributed by atoms with Gasteiger partial charge in [-0.05, 0) is 44.5 Å². The van der Waals surface area contributed by atoms with Crippen molar-refractivity contribution in [2.24, 2.45) is 0 Å². The Bertz CT molecular complexity index is 924. The van der Waals surface area contributed by atoms with Crippen LogP contribution in [0.5, 0.6) is 11.5 Å². The minimum atomic E-state index is -0.561. The summed E-state index contributed by atoms with van der Waals surface area (Å²) in [4.78, 5) is 24.4. The summed E-state index contributed by atoms with van der Waals surface area (Å²) in [6.45, 7) is 5.46. The number of carbonyl (C=O) groups excluding carboxylic acids is 2. The van der Waals surface area contributed by atoms with Crippen LogP contribution in [0.15, 0.2) is 30.3 Å². The molecule has 0 saturated heterocycles. The minimum Gasteiger partial charge on any atom is -0.504 e. The van der Waals surface area contributed by atoms with Crippen LogP contribution in [0.2, 0.25) is 5.02 Å². The SMILES string of the molecule is Cc1ccc(NC(=O)CNC(=O)c2ccc3c(c2O)OC(C)(C)C3)c(Cl)c1. The van der Waals surface area contributed by atoms with Gasteiger partial charge in [0, 0.05) is 12.0 Å². The first-order valence-corrected chi connectivity index (χ1v) is 8.92. The summed E-state index contributed by atoms with van der Waals surface area (Å²) in [6, 6.07) is 8.54. The van der Waals surface area contributed by atoms with E-state index < -0.39 is 17.4 Å². The molecular weight excluding hydrogens is 368 g/mol. The highest BCUT2D eigenvalue weighted by molar-refractivity contribution is 6.33. The van der Waals surface area contributed by atoms with Crippen LogP contribution in [-0.4, -0.2) is 29.1 Å². The Morgan fingerprint density at radius 1 is 1.26 bits per heavy atom. The monoisotopic (exact) mass is 388 g/mol. The van der Waals surface area contributed by atoms with Crippen molar-refractivity contribution in [2.75, 3.05) is 11.9 Å². The van der Waals surface area contributed by atoms with E-state index in [2.05, 4.69) is 10.6 Å². The Labute approximate surface area is 162 Å². The number of benzene rings is 2. The molecule has 0 fully saturated rings. The highest BCUT2D eigenvalue weighted by atomic mass is 35.5. The lowest BCUT2D eigenvalue weighted by Crippen LogP contribution is -2.33. The zero-order chi connectivity index (χ0) is 19.8. The number of phenols is 1. The van der Waals surface area contributed by atoms with E-state index in [0.717, 1.165) is 11.1 Å². The second kappa shape index (κ2) is 7.12. The third-order valence-corrected chi connectivity index (χ3v) is 4.57. The number of hydrogen-bond acceptors (Lipinski definition) is 4. The Balaban J connectivity index is 1.64. The van der Waals surface area contributed by atoms with E-state index in [1.165, 1.54) is 6.07 Å². The van der Waals surface area contributed by atoms with Gasteiger partial charge in [-0.3, -0.25) is 9.59 Å². The number of rotatable bonds is 4. The fourth-order valence-corrected chi connectivity index (χ4v) is 3.27. The summed E-state index contributed by atoms with van der Waals surface area (Å²) in [5.74, 6) is -0.873. The average Bonchev–Trinajstić information content (AvgIpc) is 2.91. The third-order valence-electron chi connectivity index (χ3n) is 4.26. The largest absolute Gasteiger partial charge is 0.504 e. The molecule has 0 aromatic heterocycles. The van der Waals surface area contributed by atoms with E-state index in [9.17, 15) is 14.7 Å². The quantitative estimate of drug-likeness (QED) is 0.748. The van der Waals surface area contributed by atoms with Crippen molar-refractivity contribution in [3.63, 3.8) is 0 Å². The van der Waals surface area contributed by atoms with Crippen molar-refractivity contribution in [2.45, 2.75) is 32.8 Å². The van der Waals surface area contributed by atoms with Gasteiger partial charge in [-0.1, -0.05) is 23.7 Å². The van der Waals surface area contributed by atoms with Crippen LogP contribution in [0.25, 0.3) is 0 Å². The third kappa shape index (κ3) is 4.17. The lowest BCUT2D eigenvalue weighted by molar-refractivity contribution is -0.115. The molecule has 27 heavy (non-hydrogen) atoms. The molecule has 7 heteroatoms. The molecule has 0 unspecified atom stereocenters. The highest BCUT2D eigenvalue weighted by Crippen LogP contribution is 2.43. The predicted octanol–water partition coefficient (Wildman–Crippen LogP) is 3.44. The Kier molecular flexibility index (Phi) is 5.02. The standard InChI is InChI=1S/C20H21ClN2O4/c1-11-4-7-15(14(21)8-11)23-16(24)10-22-19(26)13-6-5-12-9-20(2,3)27-18(12)17(13)25/h4-8,25H,9-10H2,1-3H3,(H,22,26)(H,23,24). The van der Waals surface area contributed by atoms with Gasteiger partial charge in [0.25, 0.3) is 5.91 Å². The predicted molar refractivity (Wildman–Crippen MR) is 104 cm³/mol. The molecule has 0 spiro atoms. The van der Waals surface area contributed by atoms with Crippen LogP contribution in [-0.2, 0) is 11.2 Å². The summed E-state index contributed by atoms with van der Waals surface area (Å²) in [7, 11) is 0. The van der Waals surface area contributed by atoms with Crippen LogP contribution >= 0.6 is 11.6 Å². The summed E-state index contributed by atoms with van der Waals surface area (Å²) >= 11 is 6.08. The molecule has 6 nitrogen and oxygen atoms in total. The highest BCUT2D eigenvalue weighted by Gasteiger charge is 2.33. The number of hydrogen-bond donors (Lipinski definition) is 3. The van der Waals surface area contributed by atoms with Gasteiger partial charge in [0.05, 0.1) is 22.8 Å². The molecule has 3 N–H and O–H groups in total. The van der Waals surface area contributed by atoms with Crippen LogP contribution in [0, 0.1) is 6.92 Å². The van der Waals surface area contributed by atoms with Crippen LogP contribution < -0.4 is 15.4 Å². The molecule has 0 saturated carbocycles.